The SMILES string of the molecule is CCN(CC)CCNC(=O)c1ccc(NC(=O)Nc2ccc(C#N)c(Cl)c2)cc1. The molecule has 0 saturated heterocycles. The fourth-order valence-corrected chi connectivity index (χ4v) is 2.87. The third-order valence-electron chi connectivity index (χ3n) is 4.36. The third-order valence-corrected chi connectivity index (χ3v) is 4.67. The standard InChI is InChI=1S/C21H24ClN5O2/c1-3-27(4-2)12-11-24-20(28)15-5-8-17(9-6-15)25-21(29)26-18-10-7-16(14-23)19(22)13-18/h5-10,13H,3-4,11-12H2,1-2H3,(H,24,28)(H2,25,26,29). The molecule has 3 N–H and O–H groups in total. The molecule has 0 spiro atoms. The summed E-state index contributed by atoms with van der Waals surface area (Å²) in [7, 11) is 0. The summed E-state index contributed by atoms with van der Waals surface area (Å²) >= 11 is 5.96. The molecule has 0 radical (unpaired) electrons. The topological polar surface area (TPSA) is 97.3 Å². The van der Waals surface area contributed by atoms with Crippen LogP contribution in [0.15, 0.2) is 42.5 Å². The highest BCUT2D eigenvalue weighted by molar-refractivity contribution is 6.32. The molecular weight excluding hydrogens is 390 g/mol. The van der Waals surface area contributed by atoms with Crippen molar-refractivity contribution in [2.75, 3.05) is 36.8 Å². The molecule has 0 heterocycles. The number of urea groups is 1. The van der Waals surface area contributed by atoms with Gasteiger partial charge in [0, 0.05) is 30.0 Å². The fraction of sp³-hybridized carbons (Fsp3) is 0.286. The molecule has 0 unspecified atom stereocenters. The van der Waals surface area contributed by atoms with Gasteiger partial charge >= 0.3 is 6.03 Å². The van der Waals surface area contributed by atoms with Gasteiger partial charge in [0.05, 0.1) is 10.6 Å². The number of rotatable bonds is 8. The predicted molar refractivity (Wildman–Crippen MR) is 115 cm³/mol. The van der Waals surface area contributed by atoms with Crippen molar-refractivity contribution < 1.29 is 9.59 Å². The number of carbonyl (C=O) groups is 2. The van der Waals surface area contributed by atoms with E-state index in [1.54, 1.807) is 30.3 Å². The van der Waals surface area contributed by atoms with Crippen molar-refractivity contribution in [3.05, 3.63) is 58.6 Å². The highest BCUT2D eigenvalue weighted by Gasteiger charge is 2.08. The first kappa shape index (κ1) is 22.2. The molecule has 0 fully saturated rings. The Bertz CT molecular complexity index is 889. The second kappa shape index (κ2) is 11.1. The Kier molecular flexibility index (Phi) is 8.46. The van der Waals surface area contributed by atoms with Crippen LogP contribution in [0.1, 0.15) is 29.8 Å². The number of halogens is 1. The average molecular weight is 414 g/mol. The summed E-state index contributed by atoms with van der Waals surface area (Å²) in [4.78, 5) is 26.5. The lowest BCUT2D eigenvalue weighted by Gasteiger charge is -2.18. The van der Waals surface area contributed by atoms with Gasteiger partial charge in [0.15, 0.2) is 0 Å². The Hall–Kier alpha value is -3.08. The molecule has 0 aliphatic rings. The van der Waals surface area contributed by atoms with Crippen molar-refractivity contribution in [3.8, 4) is 6.07 Å². The number of benzene rings is 2. The van der Waals surface area contributed by atoms with E-state index in [0.717, 1.165) is 19.6 Å². The van der Waals surface area contributed by atoms with Crippen LogP contribution in [0.5, 0.6) is 0 Å². The van der Waals surface area contributed by atoms with E-state index in [0.29, 0.717) is 29.0 Å². The van der Waals surface area contributed by atoms with E-state index in [-0.39, 0.29) is 10.9 Å². The number of anilines is 2. The van der Waals surface area contributed by atoms with E-state index in [4.69, 9.17) is 16.9 Å². The molecule has 0 atom stereocenters. The summed E-state index contributed by atoms with van der Waals surface area (Å²) < 4.78 is 0. The number of nitrogens with zero attached hydrogens (tertiary/aromatic N) is 2. The van der Waals surface area contributed by atoms with Crippen LogP contribution in [0.4, 0.5) is 16.2 Å². The van der Waals surface area contributed by atoms with Crippen LogP contribution in [0.3, 0.4) is 0 Å². The van der Waals surface area contributed by atoms with E-state index in [1.165, 1.54) is 12.1 Å². The number of carbonyl (C=O) groups excluding carboxylic acids is 2. The molecule has 29 heavy (non-hydrogen) atoms. The molecule has 8 heteroatoms. The van der Waals surface area contributed by atoms with Gasteiger partial charge in [-0.25, -0.2) is 4.79 Å². The minimum absolute atomic E-state index is 0.152. The summed E-state index contributed by atoms with van der Waals surface area (Å²) in [5, 5.41) is 17.4. The van der Waals surface area contributed by atoms with Crippen LogP contribution < -0.4 is 16.0 Å². The first-order chi connectivity index (χ1) is 14.0. The van der Waals surface area contributed by atoms with Gasteiger partial charge in [-0.15, -0.1) is 0 Å². The molecule has 0 saturated carbocycles. The molecule has 152 valence electrons. The molecule has 2 aromatic rings. The van der Waals surface area contributed by atoms with Gasteiger partial charge in [0.2, 0.25) is 0 Å². The Morgan fingerprint density at radius 3 is 2.24 bits per heavy atom. The Labute approximate surface area is 175 Å². The third kappa shape index (κ3) is 6.79. The van der Waals surface area contributed by atoms with Gasteiger partial charge in [0.1, 0.15) is 6.07 Å². The van der Waals surface area contributed by atoms with E-state index >= 15 is 0 Å². The largest absolute Gasteiger partial charge is 0.351 e. The summed E-state index contributed by atoms with van der Waals surface area (Å²) in [6, 6.07) is 12.8. The Balaban J connectivity index is 1.86. The minimum atomic E-state index is -0.456. The average Bonchev–Trinajstić information content (AvgIpc) is 2.71. The fourth-order valence-electron chi connectivity index (χ4n) is 2.65. The Morgan fingerprint density at radius 1 is 1.03 bits per heavy atom. The summed E-state index contributed by atoms with van der Waals surface area (Å²) in [5.74, 6) is -0.152. The van der Waals surface area contributed by atoms with Crippen LogP contribution >= 0.6 is 11.6 Å². The minimum Gasteiger partial charge on any atom is -0.351 e. The lowest BCUT2D eigenvalue weighted by Crippen LogP contribution is -2.34. The zero-order chi connectivity index (χ0) is 21.2. The van der Waals surface area contributed by atoms with Crippen molar-refractivity contribution in [3.63, 3.8) is 0 Å². The first-order valence-corrected chi connectivity index (χ1v) is 9.72. The van der Waals surface area contributed by atoms with Gasteiger partial charge in [-0.3, -0.25) is 4.79 Å². The van der Waals surface area contributed by atoms with Crippen molar-refractivity contribution in [1.29, 1.82) is 5.26 Å². The van der Waals surface area contributed by atoms with Crippen LogP contribution in [-0.2, 0) is 0 Å². The Morgan fingerprint density at radius 2 is 1.66 bits per heavy atom. The van der Waals surface area contributed by atoms with E-state index in [2.05, 4.69) is 34.7 Å². The van der Waals surface area contributed by atoms with Crippen LogP contribution in [0.2, 0.25) is 5.02 Å². The maximum atomic E-state index is 12.2. The van der Waals surface area contributed by atoms with Crippen LogP contribution in [-0.4, -0.2) is 43.0 Å². The van der Waals surface area contributed by atoms with Crippen molar-refractivity contribution in [2.45, 2.75) is 13.8 Å². The molecule has 7 nitrogen and oxygen atoms in total. The van der Waals surface area contributed by atoms with Crippen LogP contribution in [0.25, 0.3) is 0 Å². The number of hydrogen-bond acceptors (Lipinski definition) is 4. The molecule has 0 aliphatic heterocycles. The zero-order valence-electron chi connectivity index (χ0n) is 16.5. The maximum Gasteiger partial charge on any atom is 0.323 e. The summed E-state index contributed by atoms with van der Waals surface area (Å²) in [6.45, 7) is 7.45. The normalized spacial score (nSPS) is 10.3. The van der Waals surface area contributed by atoms with Crippen molar-refractivity contribution in [2.24, 2.45) is 0 Å². The predicted octanol–water partition coefficient (Wildman–Crippen LogP) is 3.93. The van der Waals surface area contributed by atoms with Gasteiger partial charge in [-0.1, -0.05) is 25.4 Å². The smallest absolute Gasteiger partial charge is 0.323 e. The number of amides is 3. The lowest BCUT2D eigenvalue weighted by atomic mass is 10.2. The molecule has 2 rings (SSSR count). The number of nitrogens with one attached hydrogen (secondary N) is 3. The monoisotopic (exact) mass is 413 g/mol. The zero-order valence-corrected chi connectivity index (χ0v) is 17.2. The number of nitriles is 1. The highest BCUT2D eigenvalue weighted by Crippen LogP contribution is 2.20. The molecule has 0 bridgehead atoms. The molecule has 0 aliphatic carbocycles. The lowest BCUT2D eigenvalue weighted by molar-refractivity contribution is 0.0949. The molecule has 3 amide bonds. The van der Waals surface area contributed by atoms with Crippen LogP contribution in [0, 0.1) is 11.3 Å². The number of likely N-dealkylation sites (N-methyl/N-ethyl adjacent to an activating group) is 1. The van der Waals surface area contributed by atoms with E-state index < -0.39 is 6.03 Å². The molecule has 0 aromatic heterocycles. The van der Waals surface area contributed by atoms with E-state index in [1.807, 2.05) is 6.07 Å². The first-order valence-electron chi connectivity index (χ1n) is 9.35. The summed E-state index contributed by atoms with van der Waals surface area (Å²) in [5.41, 5.74) is 1.87. The molecular formula is C21H24ClN5O2. The maximum absolute atomic E-state index is 12.2. The number of hydrogen-bond donors (Lipinski definition) is 3. The summed E-state index contributed by atoms with van der Waals surface area (Å²) in [6.07, 6.45) is 0. The van der Waals surface area contributed by atoms with Gasteiger partial charge in [-0.05, 0) is 55.6 Å². The second-order valence-corrected chi connectivity index (χ2v) is 6.65. The van der Waals surface area contributed by atoms with Crippen molar-refractivity contribution >= 4 is 34.9 Å². The molecule has 2 aromatic carbocycles. The van der Waals surface area contributed by atoms with Gasteiger partial charge in [0.25, 0.3) is 5.91 Å². The second-order valence-electron chi connectivity index (χ2n) is 6.25. The van der Waals surface area contributed by atoms with Gasteiger partial charge < -0.3 is 20.9 Å². The van der Waals surface area contributed by atoms with Crippen molar-refractivity contribution in [1.82, 2.24) is 10.2 Å². The quantitative estimate of drug-likeness (QED) is 0.610. The van der Waals surface area contributed by atoms with Gasteiger partial charge in [-0.2, -0.15) is 5.26 Å². The highest BCUT2D eigenvalue weighted by atomic mass is 35.5. The van der Waals surface area contributed by atoms with E-state index in [9.17, 15) is 9.59 Å².